The first-order valence-corrected chi connectivity index (χ1v) is 6.39. The third-order valence-corrected chi connectivity index (χ3v) is 2.57. The molecule has 0 aliphatic heterocycles. The normalized spacial score (nSPS) is 13.1. The maximum absolute atomic E-state index is 4.66. The molecule has 0 heterocycles. The van der Waals surface area contributed by atoms with Gasteiger partial charge in [-0.15, -0.1) is 0 Å². The lowest BCUT2D eigenvalue weighted by molar-refractivity contribution is 0.867. The number of hydrogen-bond acceptors (Lipinski definition) is 2. The van der Waals surface area contributed by atoms with E-state index in [1.807, 2.05) is 38.3 Å². The van der Waals surface area contributed by atoms with E-state index < -0.39 is 0 Å². The van der Waals surface area contributed by atoms with Crippen molar-refractivity contribution < 1.29 is 0 Å². The summed E-state index contributed by atoms with van der Waals surface area (Å²) >= 11 is 0. The summed E-state index contributed by atoms with van der Waals surface area (Å²) in [5, 5.41) is 0. The molecule has 0 aliphatic carbocycles. The molecule has 18 heavy (non-hydrogen) atoms. The van der Waals surface area contributed by atoms with E-state index in [1.165, 1.54) is 5.56 Å². The van der Waals surface area contributed by atoms with Gasteiger partial charge in [0.05, 0.1) is 12.2 Å². The molecule has 0 spiro atoms. The minimum Gasteiger partial charge on any atom is -0.287 e. The highest BCUT2D eigenvalue weighted by Crippen LogP contribution is 2.26. The van der Waals surface area contributed by atoms with Crippen LogP contribution in [0.15, 0.2) is 46.4 Å². The van der Waals surface area contributed by atoms with Gasteiger partial charge < -0.3 is 0 Å². The van der Waals surface area contributed by atoms with Crippen LogP contribution in [-0.2, 0) is 0 Å². The Labute approximate surface area is 110 Å². The first kappa shape index (κ1) is 14.4. The second-order valence-electron chi connectivity index (χ2n) is 4.58. The van der Waals surface area contributed by atoms with Crippen molar-refractivity contribution >= 4 is 17.6 Å². The third kappa shape index (κ3) is 4.66. The van der Waals surface area contributed by atoms with E-state index in [1.54, 1.807) is 0 Å². The fraction of sp³-hybridized carbons (Fsp3) is 0.375. The van der Waals surface area contributed by atoms with Crippen molar-refractivity contribution in [1.82, 2.24) is 0 Å². The van der Waals surface area contributed by atoms with E-state index in [-0.39, 0.29) is 0 Å². The van der Waals surface area contributed by atoms with Crippen molar-refractivity contribution in [3.8, 4) is 0 Å². The van der Waals surface area contributed by atoms with Gasteiger partial charge >= 0.3 is 0 Å². The number of benzene rings is 1. The maximum Gasteiger partial charge on any atom is 0.0769 e. The van der Waals surface area contributed by atoms with Crippen molar-refractivity contribution in [2.45, 2.75) is 33.6 Å². The summed E-state index contributed by atoms with van der Waals surface area (Å²) in [7, 11) is 0. The van der Waals surface area contributed by atoms with Gasteiger partial charge in [0.1, 0.15) is 0 Å². The fourth-order valence-electron chi connectivity index (χ4n) is 1.65. The van der Waals surface area contributed by atoms with Crippen LogP contribution in [0.5, 0.6) is 0 Å². The average Bonchev–Trinajstić information content (AvgIpc) is 2.35. The van der Waals surface area contributed by atoms with Gasteiger partial charge in [-0.25, -0.2) is 0 Å². The lowest BCUT2D eigenvalue weighted by Crippen LogP contribution is -1.97. The van der Waals surface area contributed by atoms with Crippen molar-refractivity contribution in [3.63, 3.8) is 0 Å². The van der Waals surface area contributed by atoms with E-state index in [2.05, 4.69) is 42.0 Å². The van der Waals surface area contributed by atoms with Crippen LogP contribution < -0.4 is 0 Å². The van der Waals surface area contributed by atoms with E-state index in [0.717, 1.165) is 11.4 Å². The molecule has 2 heteroatoms. The zero-order valence-electron chi connectivity index (χ0n) is 11.7. The summed E-state index contributed by atoms with van der Waals surface area (Å²) < 4.78 is 0. The number of rotatable bonds is 5. The van der Waals surface area contributed by atoms with Crippen LogP contribution in [0.3, 0.4) is 0 Å². The minimum atomic E-state index is 0.490. The van der Waals surface area contributed by atoms with Gasteiger partial charge in [0, 0.05) is 11.9 Å². The summed E-state index contributed by atoms with van der Waals surface area (Å²) in [6, 6.07) is 8.29. The summed E-state index contributed by atoms with van der Waals surface area (Å²) in [5.74, 6) is 0.490. The SMILES string of the molecule is C/C=C\C=NCC(C)=Nc1ccccc1C(C)C. The molecule has 0 fully saturated rings. The van der Waals surface area contributed by atoms with Crippen molar-refractivity contribution in [3.05, 3.63) is 42.0 Å². The molecule has 0 bridgehead atoms. The zero-order chi connectivity index (χ0) is 13.4. The number of allylic oxidation sites excluding steroid dienone is 2. The number of para-hydroxylation sites is 1. The second kappa shape index (κ2) is 7.59. The van der Waals surface area contributed by atoms with Gasteiger partial charge in [0.2, 0.25) is 0 Å². The lowest BCUT2D eigenvalue weighted by Gasteiger charge is -2.09. The Hall–Kier alpha value is -1.70. The molecule has 0 amide bonds. The molecular weight excluding hydrogens is 220 g/mol. The van der Waals surface area contributed by atoms with Crippen LogP contribution in [0.2, 0.25) is 0 Å². The number of aliphatic imine (C=N–C) groups is 2. The third-order valence-electron chi connectivity index (χ3n) is 2.57. The number of hydrogen-bond donors (Lipinski definition) is 0. The molecule has 1 aromatic carbocycles. The minimum absolute atomic E-state index is 0.490. The highest BCUT2D eigenvalue weighted by Gasteiger charge is 2.04. The Morgan fingerprint density at radius 3 is 2.67 bits per heavy atom. The second-order valence-corrected chi connectivity index (χ2v) is 4.58. The monoisotopic (exact) mass is 242 g/mol. The number of nitrogens with zero attached hydrogens (tertiary/aromatic N) is 2. The molecule has 96 valence electrons. The van der Waals surface area contributed by atoms with Crippen LogP contribution in [0.1, 0.15) is 39.2 Å². The van der Waals surface area contributed by atoms with E-state index >= 15 is 0 Å². The molecule has 1 rings (SSSR count). The van der Waals surface area contributed by atoms with Crippen LogP contribution in [0, 0.1) is 0 Å². The van der Waals surface area contributed by atoms with E-state index in [9.17, 15) is 0 Å². The fourth-order valence-corrected chi connectivity index (χ4v) is 1.65. The average molecular weight is 242 g/mol. The molecule has 0 unspecified atom stereocenters. The molecule has 0 radical (unpaired) electrons. The molecule has 0 aromatic heterocycles. The first-order valence-electron chi connectivity index (χ1n) is 6.39. The van der Waals surface area contributed by atoms with E-state index in [4.69, 9.17) is 0 Å². The Bertz CT molecular complexity index is 454. The van der Waals surface area contributed by atoms with Gasteiger partial charge in [-0.2, -0.15) is 0 Å². The standard InChI is InChI=1S/C16H22N2/c1-5-6-11-17-12-14(4)18-16-10-8-7-9-15(16)13(2)3/h5-11,13H,12H2,1-4H3/b6-5-,17-11?,18-14?. The Morgan fingerprint density at radius 1 is 1.28 bits per heavy atom. The van der Waals surface area contributed by atoms with Gasteiger partial charge in [0.15, 0.2) is 0 Å². The van der Waals surface area contributed by atoms with Gasteiger partial charge in [-0.1, -0.05) is 38.1 Å². The Balaban J connectivity index is 2.82. The highest BCUT2D eigenvalue weighted by molar-refractivity contribution is 5.88. The quantitative estimate of drug-likeness (QED) is 0.677. The molecule has 0 saturated heterocycles. The van der Waals surface area contributed by atoms with Gasteiger partial charge in [-0.3, -0.25) is 9.98 Å². The summed E-state index contributed by atoms with van der Waals surface area (Å²) in [6.45, 7) is 9.02. The van der Waals surface area contributed by atoms with Crippen LogP contribution in [0.25, 0.3) is 0 Å². The summed E-state index contributed by atoms with van der Waals surface area (Å²) in [4.78, 5) is 8.95. The summed E-state index contributed by atoms with van der Waals surface area (Å²) in [5.41, 5.74) is 3.38. The summed E-state index contributed by atoms with van der Waals surface area (Å²) in [6.07, 6.45) is 5.70. The molecule has 0 atom stereocenters. The molecule has 0 N–H and O–H groups in total. The Morgan fingerprint density at radius 2 is 2.00 bits per heavy atom. The first-order chi connectivity index (χ1) is 8.65. The van der Waals surface area contributed by atoms with Crippen LogP contribution >= 0.6 is 0 Å². The van der Waals surface area contributed by atoms with Crippen LogP contribution in [-0.4, -0.2) is 18.5 Å². The largest absolute Gasteiger partial charge is 0.287 e. The molecule has 0 aliphatic rings. The molecule has 1 aromatic rings. The van der Waals surface area contributed by atoms with Crippen molar-refractivity contribution in [2.24, 2.45) is 9.98 Å². The molecular formula is C16H22N2. The van der Waals surface area contributed by atoms with Crippen molar-refractivity contribution in [1.29, 1.82) is 0 Å². The lowest BCUT2D eigenvalue weighted by atomic mass is 10.0. The Kier molecular flexibility index (Phi) is 6.06. The van der Waals surface area contributed by atoms with Gasteiger partial charge in [0.25, 0.3) is 0 Å². The zero-order valence-corrected chi connectivity index (χ0v) is 11.7. The predicted molar refractivity (Wildman–Crippen MR) is 81.5 cm³/mol. The topological polar surface area (TPSA) is 24.7 Å². The molecule has 2 nitrogen and oxygen atoms in total. The smallest absolute Gasteiger partial charge is 0.0769 e. The van der Waals surface area contributed by atoms with Gasteiger partial charge in [-0.05, 0) is 37.5 Å². The van der Waals surface area contributed by atoms with Crippen molar-refractivity contribution in [2.75, 3.05) is 6.54 Å². The van der Waals surface area contributed by atoms with Crippen LogP contribution in [0.4, 0.5) is 5.69 Å². The maximum atomic E-state index is 4.66. The van der Waals surface area contributed by atoms with E-state index in [0.29, 0.717) is 12.5 Å². The molecule has 0 saturated carbocycles. The highest BCUT2D eigenvalue weighted by atomic mass is 14.8. The predicted octanol–water partition coefficient (Wildman–Crippen LogP) is 4.55.